The molecule has 252 valence electrons. The van der Waals surface area contributed by atoms with Crippen LogP contribution in [0.3, 0.4) is 0 Å². The molecule has 46 heavy (non-hydrogen) atoms. The van der Waals surface area contributed by atoms with E-state index in [9.17, 15) is 23.1 Å². The maximum absolute atomic E-state index is 13.8. The van der Waals surface area contributed by atoms with Crippen LogP contribution in [0.4, 0.5) is 4.79 Å². The van der Waals surface area contributed by atoms with Gasteiger partial charge in [-0.05, 0) is 48.6 Å². The first-order valence-electron chi connectivity index (χ1n) is 15.2. The number of ether oxygens (including phenoxy) is 6. The van der Waals surface area contributed by atoms with Crippen LogP contribution >= 0.6 is 0 Å². The highest BCUT2D eigenvalue weighted by Crippen LogP contribution is 2.35. The molecular weight excluding hydrogens is 622 g/mol. The Morgan fingerprint density at radius 3 is 2.57 bits per heavy atom. The van der Waals surface area contributed by atoms with Crippen molar-refractivity contribution in [1.82, 2.24) is 14.9 Å². The van der Waals surface area contributed by atoms with Crippen molar-refractivity contribution >= 4 is 22.0 Å². The number of nitrogens with one attached hydrogen (secondary N) is 2. The summed E-state index contributed by atoms with van der Waals surface area (Å²) in [5.41, 5.74) is 0.721. The summed E-state index contributed by atoms with van der Waals surface area (Å²) in [7, 11) is -2.57. The highest BCUT2D eigenvalue weighted by Gasteiger charge is 2.44. The van der Waals surface area contributed by atoms with E-state index in [2.05, 4.69) is 10.6 Å². The molecule has 2 aromatic rings. The van der Waals surface area contributed by atoms with Crippen molar-refractivity contribution in [2.75, 3.05) is 46.8 Å². The van der Waals surface area contributed by atoms with Crippen molar-refractivity contribution < 1.29 is 51.5 Å². The van der Waals surface area contributed by atoms with E-state index in [-0.39, 0.29) is 62.2 Å². The summed E-state index contributed by atoms with van der Waals surface area (Å²) in [4.78, 5) is 24.7. The van der Waals surface area contributed by atoms with Crippen LogP contribution in [-0.2, 0) is 35.4 Å². The fraction of sp³-hybridized carbons (Fsp3) is 0.548. The van der Waals surface area contributed by atoms with Crippen LogP contribution < -0.4 is 24.8 Å². The van der Waals surface area contributed by atoms with Crippen LogP contribution in [0.1, 0.15) is 25.8 Å². The Balaban J connectivity index is 1.33. The van der Waals surface area contributed by atoms with Crippen LogP contribution in [0.25, 0.3) is 0 Å². The SMILES string of the molecule is CNC(=O)COc1ccc(C[C@H](NC(=O)O[C@H]2CO[C@H]3OCC[C@H]32)[C@H](O)CN(CC(C)C)S(=O)(=O)c2ccc3c(c2)OCO3)cc1. The minimum atomic E-state index is -4.08. The molecule has 0 aromatic heterocycles. The van der Waals surface area contributed by atoms with E-state index in [1.165, 1.54) is 29.6 Å². The third-order valence-corrected chi connectivity index (χ3v) is 9.81. The third kappa shape index (κ3) is 8.20. The van der Waals surface area contributed by atoms with Gasteiger partial charge in [-0.15, -0.1) is 0 Å². The van der Waals surface area contributed by atoms with Gasteiger partial charge in [0, 0.05) is 26.2 Å². The Morgan fingerprint density at radius 1 is 1.07 bits per heavy atom. The van der Waals surface area contributed by atoms with Gasteiger partial charge in [0.05, 0.1) is 36.2 Å². The van der Waals surface area contributed by atoms with Gasteiger partial charge in [0.25, 0.3) is 5.91 Å². The first kappa shape index (κ1) is 33.7. The molecule has 2 aromatic carbocycles. The minimum Gasteiger partial charge on any atom is -0.484 e. The number of aliphatic hydroxyl groups is 1. The number of aliphatic hydroxyl groups excluding tert-OH is 1. The second-order valence-electron chi connectivity index (χ2n) is 11.8. The van der Waals surface area contributed by atoms with E-state index in [1.807, 2.05) is 13.8 Å². The molecule has 5 rings (SSSR count). The van der Waals surface area contributed by atoms with Crippen molar-refractivity contribution in [2.24, 2.45) is 11.8 Å². The predicted octanol–water partition coefficient (Wildman–Crippen LogP) is 1.65. The Kier molecular flexibility index (Phi) is 10.9. The van der Waals surface area contributed by atoms with Gasteiger partial charge in [0.15, 0.2) is 24.4 Å². The fourth-order valence-corrected chi connectivity index (χ4v) is 7.19. The Bertz CT molecular complexity index is 1470. The molecule has 0 unspecified atom stereocenters. The van der Waals surface area contributed by atoms with E-state index < -0.39 is 40.7 Å². The number of sulfonamides is 1. The molecule has 0 saturated carbocycles. The summed E-state index contributed by atoms with van der Waals surface area (Å²) >= 11 is 0. The molecule has 15 heteroatoms. The van der Waals surface area contributed by atoms with Crippen molar-refractivity contribution in [3.8, 4) is 17.2 Å². The molecule has 5 atom stereocenters. The van der Waals surface area contributed by atoms with E-state index in [1.54, 1.807) is 24.3 Å². The molecule has 2 fully saturated rings. The summed E-state index contributed by atoms with van der Waals surface area (Å²) in [6.45, 7) is 4.13. The van der Waals surface area contributed by atoms with E-state index in [0.717, 1.165) is 5.56 Å². The van der Waals surface area contributed by atoms with Gasteiger partial charge in [0.2, 0.25) is 16.8 Å². The lowest BCUT2D eigenvalue weighted by atomic mass is 10.0. The highest BCUT2D eigenvalue weighted by atomic mass is 32.2. The standard InChI is InChI=1S/C31H41N3O11S/c1-19(2)14-34(46(38,39)22-8-9-26-27(13-22)44-18-43-26)15-25(35)24(12-20-4-6-21(7-5-20)41-17-29(36)32-3)33-31(37)45-28-16-42-30-23(28)10-11-40-30/h4-9,13,19,23-25,28,30,35H,10-12,14-18H2,1-3H3,(H,32,36)(H,33,37)/t23-,24-,25+,28-,30+/m0/s1. The van der Waals surface area contributed by atoms with Gasteiger partial charge >= 0.3 is 6.09 Å². The number of nitrogens with zero attached hydrogens (tertiary/aromatic N) is 1. The zero-order valence-electron chi connectivity index (χ0n) is 26.0. The lowest BCUT2D eigenvalue weighted by Crippen LogP contribution is -2.51. The Labute approximate surface area is 268 Å². The maximum Gasteiger partial charge on any atom is 0.407 e. The predicted molar refractivity (Wildman–Crippen MR) is 163 cm³/mol. The molecule has 2 saturated heterocycles. The molecule has 3 aliphatic heterocycles. The number of carbonyl (C=O) groups is 2. The smallest absolute Gasteiger partial charge is 0.407 e. The number of fused-ring (bicyclic) bond motifs is 2. The number of rotatable bonds is 14. The largest absolute Gasteiger partial charge is 0.484 e. The zero-order chi connectivity index (χ0) is 32.8. The molecule has 3 N–H and O–H groups in total. The highest BCUT2D eigenvalue weighted by molar-refractivity contribution is 7.89. The number of carbonyl (C=O) groups excluding carboxylic acids is 2. The van der Waals surface area contributed by atoms with Gasteiger partial charge in [-0.25, -0.2) is 13.2 Å². The van der Waals surface area contributed by atoms with Crippen LogP contribution in [0.5, 0.6) is 17.2 Å². The van der Waals surface area contributed by atoms with Crippen molar-refractivity contribution in [3.05, 3.63) is 48.0 Å². The molecule has 0 spiro atoms. The van der Waals surface area contributed by atoms with E-state index in [0.29, 0.717) is 30.3 Å². The minimum absolute atomic E-state index is 0.000703. The first-order valence-corrected chi connectivity index (χ1v) is 16.7. The number of alkyl carbamates (subject to hydrolysis) is 1. The number of hydrogen-bond acceptors (Lipinski definition) is 11. The third-order valence-electron chi connectivity index (χ3n) is 7.98. The number of benzene rings is 2. The normalized spacial score (nSPS) is 21.6. The maximum atomic E-state index is 13.8. The molecular formula is C31H41N3O11S. The number of amides is 2. The van der Waals surface area contributed by atoms with Crippen molar-refractivity contribution in [1.29, 1.82) is 0 Å². The summed E-state index contributed by atoms with van der Waals surface area (Å²) in [6.07, 6.45) is -2.17. The second kappa shape index (κ2) is 14.9. The van der Waals surface area contributed by atoms with Crippen LogP contribution in [0, 0.1) is 11.8 Å². The number of hydrogen-bond donors (Lipinski definition) is 3. The van der Waals surface area contributed by atoms with Crippen LogP contribution in [0.2, 0.25) is 0 Å². The Hall–Kier alpha value is -3.63. The molecule has 3 aliphatic rings. The second-order valence-corrected chi connectivity index (χ2v) is 13.8. The van der Waals surface area contributed by atoms with E-state index in [4.69, 9.17) is 28.4 Å². The van der Waals surface area contributed by atoms with Gasteiger partial charge in [-0.2, -0.15) is 4.31 Å². The van der Waals surface area contributed by atoms with E-state index >= 15 is 0 Å². The van der Waals surface area contributed by atoms with Gasteiger partial charge in [-0.1, -0.05) is 26.0 Å². The average molecular weight is 664 g/mol. The fourth-order valence-electron chi connectivity index (χ4n) is 5.55. The summed E-state index contributed by atoms with van der Waals surface area (Å²) < 4.78 is 61.9. The van der Waals surface area contributed by atoms with Crippen LogP contribution in [-0.4, -0.2) is 101 Å². The van der Waals surface area contributed by atoms with Crippen LogP contribution in [0.15, 0.2) is 47.4 Å². The monoisotopic (exact) mass is 663 g/mol. The first-order chi connectivity index (χ1) is 22.0. The molecule has 0 bridgehead atoms. The molecule has 3 heterocycles. The molecule has 2 amide bonds. The quantitative estimate of drug-likeness (QED) is 0.269. The topological polar surface area (TPSA) is 171 Å². The molecule has 0 aliphatic carbocycles. The zero-order valence-corrected chi connectivity index (χ0v) is 26.9. The molecule has 0 radical (unpaired) electrons. The summed E-state index contributed by atoms with van der Waals surface area (Å²) in [6, 6.07) is 10.3. The van der Waals surface area contributed by atoms with Gasteiger partial charge < -0.3 is 44.2 Å². The van der Waals surface area contributed by atoms with Gasteiger partial charge in [0.1, 0.15) is 11.9 Å². The van der Waals surface area contributed by atoms with Gasteiger partial charge in [-0.3, -0.25) is 4.79 Å². The van der Waals surface area contributed by atoms with Crippen molar-refractivity contribution in [3.63, 3.8) is 0 Å². The lowest BCUT2D eigenvalue weighted by Gasteiger charge is -2.31. The summed E-state index contributed by atoms with van der Waals surface area (Å²) in [5, 5.41) is 16.8. The lowest BCUT2D eigenvalue weighted by molar-refractivity contribution is -0.122. The van der Waals surface area contributed by atoms with Crippen molar-refractivity contribution in [2.45, 2.75) is 56.1 Å². The average Bonchev–Trinajstić information content (AvgIpc) is 3.78. The Morgan fingerprint density at radius 2 is 1.83 bits per heavy atom. The molecule has 14 nitrogen and oxygen atoms in total. The summed E-state index contributed by atoms with van der Waals surface area (Å²) in [5.74, 6) is 0.805. The number of likely N-dealkylation sites (N-methyl/N-ethyl adjacent to an activating group) is 1.